The summed E-state index contributed by atoms with van der Waals surface area (Å²) in [6.45, 7) is 1.79. The Kier molecular flexibility index (Phi) is 4.25. The molecule has 0 bridgehead atoms. The molecule has 15 heavy (non-hydrogen) atoms. The van der Waals surface area contributed by atoms with Crippen LogP contribution in [-0.4, -0.2) is 14.2 Å². The maximum absolute atomic E-state index is 11.4. The van der Waals surface area contributed by atoms with E-state index in [-0.39, 0.29) is 5.75 Å². The first-order valence-corrected chi connectivity index (χ1v) is 6.81. The van der Waals surface area contributed by atoms with Crippen molar-refractivity contribution in [1.82, 2.24) is 0 Å². The van der Waals surface area contributed by atoms with Gasteiger partial charge in [0.25, 0.3) is 0 Å². The first kappa shape index (κ1) is 12.6. The van der Waals surface area contributed by atoms with Crippen molar-refractivity contribution in [3.05, 3.63) is 28.2 Å². The molecular formula is C9H11Cl2NO2S. The van der Waals surface area contributed by atoms with Crippen molar-refractivity contribution < 1.29 is 8.42 Å². The number of rotatable bonds is 4. The second kappa shape index (κ2) is 5.05. The topological polar surface area (TPSA) is 46.2 Å². The third-order valence-electron chi connectivity index (χ3n) is 1.67. The van der Waals surface area contributed by atoms with Crippen molar-refractivity contribution in [3.8, 4) is 0 Å². The standard InChI is InChI=1S/C9H11Cl2NO2S/c1-2-5-15(13,14)12-9-4-3-7(10)6-8(9)11/h3-4,6,12H,2,5H2,1H3. The monoisotopic (exact) mass is 267 g/mol. The molecule has 6 heteroatoms. The first-order valence-electron chi connectivity index (χ1n) is 4.40. The van der Waals surface area contributed by atoms with Crippen LogP contribution in [0.5, 0.6) is 0 Å². The fraction of sp³-hybridized carbons (Fsp3) is 0.333. The summed E-state index contributed by atoms with van der Waals surface area (Å²) < 4.78 is 25.3. The molecule has 0 aromatic heterocycles. The Morgan fingerprint density at radius 3 is 2.53 bits per heavy atom. The fourth-order valence-corrected chi connectivity index (χ4v) is 2.72. The number of hydrogen-bond acceptors (Lipinski definition) is 2. The average Bonchev–Trinajstić information content (AvgIpc) is 2.09. The smallest absolute Gasteiger partial charge is 0.232 e. The molecule has 0 amide bonds. The van der Waals surface area contributed by atoms with Crippen LogP contribution in [0.3, 0.4) is 0 Å². The predicted molar refractivity (Wildman–Crippen MR) is 64.2 cm³/mol. The van der Waals surface area contributed by atoms with Gasteiger partial charge in [0, 0.05) is 5.02 Å². The largest absolute Gasteiger partial charge is 0.282 e. The summed E-state index contributed by atoms with van der Waals surface area (Å²) >= 11 is 11.5. The van der Waals surface area contributed by atoms with Crippen LogP contribution in [0.2, 0.25) is 10.0 Å². The number of benzene rings is 1. The van der Waals surface area contributed by atoms with Crippen molar-refractivity contribution in [2.75, 3.05) is 10.5 Å². The molecule has 0 saturated carbocycles. The highest BCUT2D eigenvalue weighted by Crippen LogP contribution is 2.26. The van der Waals surface area contributed by atoms with Gasteiger partial charge in [-0.15, -0.1) is 0 Å². The zero-order valence-corrected chi connectivity index (χ0v) is 10.5. The summed E-state index contributed by atoms with van der Waals surface area (Å²) in [5.41, 5.74) is 0.356. The van der Waals surface area contributed by atoms with E-state index in [1.165, 1.54) is 12.1 Å². The van der Waals surface area contributed by atoms with E-state index in [1.807, 2.05) is 0 Å². The second-order valence-electron chi connectivity index (χ2n) is 3.05. The Balaban J connectivity index is 2.90. The Bertz CT molecular complexity index is 445. The minimum absolute atomic E-state index is 0.0754. The lowest BCUT2D eigenvalue weighted by Crippen LogP contribution is -2.16. The molecule has 0 heterocycles. The van der Waals surface area contributed by atoms with Gasteiger partial charge in [-0.25, -0.2) is 8.42 Å². The third-order valence-corrected chi connectivity index (χ3v) is 3.69. The number of hydrogen-bond donors (Lipinski definition) is 1. The highest BCUT2D eigenvalue weighted by Gasteiger charge is 2.10. The van der Waals surface area contributed by atoms with E-state index in [4.69, 9.17) is 23.2 Å². The van der Waals surface area contributed by atoms with Crippen molar-refractivity contribution in [3.63, 3.8) is 0 Å². The molecule has 1 rings (SSSR count). The van der Waals surface area contributed by atoms with E-state index in [1.54, 1.807) is 13.0 Å². The van der Waals surface area contributed by atoms with Crippen molar-refractivity contribution in [2.24, 2.45) is 0 Å². The first-order chi connectivity index (χ1) is 6.94. The molecule has 3 nitrogen and oxygen atoms in total. The molecule has 0 unspecified atom stereocenters. The van der Waals surface area contributed by atoms with Gasteiger partial charge >= 0.3 is 0 Å². The van der Waals surface area contributed by atoms with Crippen LogP contribution in [0.1, 0.15) is 13.3 Å². The number of halogens is 2. The lowest BCUT2D eigenvalue weighted by molar-refractivity contribution is 0.600. The molecule has 0 saturated heterocycles. The number of nitrogens with one attached hydrogen (secondary N) is 1. The molecule has 1 N–H and O–H groups in total. The summed E-state index contributed by atoms with van der Waals surface area (Å²) in [5, 5.41) is 0.764. The van der Waals surface area contributed by atoms with Crippen LogP contribution < -0.4 is 4.72 Å². The van der Waals surface area contributed by atoms with E-state index in [0.29, 0.717) is 22.2 Å². The van der Waals surface area contributed by atoms with Crippen LogP contribution >= 0.6 is 23.2 Å². The van der Waals surface area contributed by atoms with E-state index < -0.39 is 10.0 Å². The molecule has 0 radical (unpaired) electrons. The summed E-state index contributed by atoms with van der Waals surface area (Å²) in [7, 11) is -3.30. The quantitative estimate of drug-likeness (QED) is 0.911. The molecule has 1 aromatic carbocycles. The molecule has 84 valence electrons. The average molecular weight is 268 g/mol. The SMILES string of the molecule is CCCS(=O)(=O)Nc1ccc(Cl)cc1Cl. The van der Waals surface area contributed by atoms with Gasteiger partial charge in [0.1, 0.15) is 0 Å². The van der Waals surface area contributed by atoms with Gasteiger partial charge in [-0.1, -0.05) is 30.1 Å². The Morgan fingerprint density at radius 1 is 1.33 bits per heavy atom. The minimum atomic E-state index is -3.30. The van der Waals surface area contributed by atoms with Crippen LogP contribution in [-0.2, 0) is 10.0 Å². The van der Waals surface area contributed by atoms with Crippen molar-refractivity contribution >= 4 is 38.9 Å². The van der Waals surface area contributed by atoms with Crippen LogP contribution in [0.4, 0.5) is 5.69 Å². The second-order valence-corrected chi connectivity index (χ2v) is 5.73. The maximum Gasteiger partial charge on any atom is 0.232 e. The summed E-state index contributed by atoms with van der Waals surface area (Å²) in [6, 6.07) is 4.61. The Morgan fingerprint density at radius 2 is 2.00 bits per heavy atom. The summed E-state index contributed by atoms with van der Waals surface area (Å²) in [5.74, 6) is 0.0754. The number of sulfonamides is 1. The van der Waals surface area contributed by atoms with Gasteiger partial charge in [0.05, 0.1) is 16.5 Å². The molecule has 1 aromatic rings. The molecular weight excluding hydrogens is 257 g/mol. The zero-order chi connectivity index (χ0) is 11.5. The lowest BCUT2D eigenvalue weighted by Gasteiger charge is -2.08. The van der Waals surface area contributed by atoms with Gasteiger partial charge in [-0.3, -0.25) is 4.72 Å². The molecule has 0 atom stereocenters. The maximum atomic E-state index is 11.4. The summed E-state index contributed by atoms with van der Waals surface area (Å²) in [6.07, 6.45) is 0.556. The lowest BCUT2D eigenvalue weighted by atomic mass is 10.3. The van der Waals surface area contributed by atoms with Crippen LogP contribution in [0.15, 0.2) is 18.2 Å². The highest BCUT2D eigenvalue weighted by molar-refractivity contribution is 7.92. The van der Waals surface area contributed by atoms with Crippen LogP contribution in [0, 0.1) is 0 Å². The molecule has 0 aliphatic rings. The van der Waals surface area contributed by atoms with E-state index in [0.717, 1.165) is 0 Å². The van der Waals surface area contributed by atoms with Gasteiger partial charge in [0.2, 0.25) is 10.0 Å². The summed E-state index contributed by atoms with van der Waals surface area (Å²) in [4.78, 5) is 0. The Hall–Kier alpha value is -0.450. The molecule has 0 aliphatic heterocycles. The Labute approximate surface area is 99.4 Å². The fourth-order valence-electron chi connectivity index (χ4n) is 1.06. The third kappa shape index (κ3) is 3.89. The van der Waals surface area contributed by atoms with Gasteiger partial charge in [0.15, 0.2) is 0 Å². The van der Waals surface area contributed by atoms with Crippen molar-refractivity contribution in [2.45, 2.75) is 13.3 Å². The molecule has 0 spiro atoms. The van der Waals surface area contributed by atoms with Crippen molar-refractivity contribution in [1.29, 1.82) is 0 Å². The normalized spacial score (nSPS) is 11.4. The van der Waals surface area contributed by atoms with Gasteiger partial charge < -0.3 is 0 Å². The van der Waals surface area contributed by atoms with Gasteiger partial charge in [-0.05, 0) is 24.6 Å². The van der Waals surface area contributed by atoms with E-state index in [2.05, 4.69) is 4.72 Å². The predicted octanol–water partition coefficient (Wildman–Crippen LogP) is 3.15. The minimum Gasteiger partial charge on any atom is -0.282 e. The van der Waals surface area contributed by atoms with Gasteiger partial charge in [-0.2, -0.15) is 0 Å². The molecule has 0 aliphatic carbocycles. The van der Waals surface area contributed by atoms with Crippen LogP contribution in [0.25, 0.3) is 0 Å². The molecule has 0 fully saturated rings. The number of anilines is 1. The highest BCUT2D eigenvalue weighted by atomic mass is 35.5. The zero-order valence-electron chi connectivity index (χ0n) is 8.13. The van der Waals surface area contributed by atoms with E-state index >= 15 is 0 Å². The van der Waals surface area contributed by atoms with E-state index in [9.17, 15) is 8.42 Å².